The molecule has 0 radical (unpaired) electrons. The number of aliphatic hydroxyl groups is 4. The third-order valence-electron chi connectivity index (χ3n) is 2.43. The Morgan fingerprint density at radius 1 is 1.46 bits per heavy atom. The number of nitrogens with two attached hydrogens (primary N) is 1. The van der Waals surface area contributed by atoms with Crippen molar-refractivity contribution < 1.29 is 25.2 Å². The standard InChI is InChI=1S/C7H15NO5/c1-7(12)4(8)6(11)13-3(2-9)5(7)10/h3-6,9-12H,2,8H2,1H3. The van der Waals surface area contributed by atoms with Gasteiger partial charge in [-0.2, -0.15) is 0 Å². The van der Waals surface area contributed by atoms with Crippen LogP contribution >= 0.6 is 0 Å². The average molecular weight is 193 g/mol. The van der Waals surface area contributed by atoms with Crippen molar-refractivity contribution in [2.45, 2.75) is 37.1 Å². The summed E-state index contributed by atoms with van der Waals surface area (Å²) in [7, 11) is 0. The van der Waals surface area contributed by atoms with E-state index >= 15 is 0 Å². The molecular weight excluding hydrogens is 178 g/mol. The first-order valence-electron chi connectivity index (χ1n) is 4.01. The maximum atomic E-state index is 9.66. The van der Waals surface area contributed by atoms with Gasteiger partial charge in [-0.15, -0.1) is 0 Å². The third kappa shape index (κ3) is 1.69. The minimum atomic E-state index is -1.66. The van der Waals surface area contributed by atoms with Crippen molar-refractivity contribution in [3.05, 3.63) is 0 Å². The predicted molar refractivity (Wildman–Crippen MR) is 42.6 cm³/mol. The summed E-state index contributed by atoms with van der Waals surface area (Å²) in [5, 5.41) is 37.1. The van der Waals surface area contributed by atoms with E-state index in [0.717, 1.165) is 0 Å². The van der Waals surface area contributed by atoms with Crippen LogP contribution in [0.2, 0.25) is 0 Å². The van der Waals surface area contributed by atoms with E-state index < -0.39 is 36.7 Å². The van der Waals surface area contributed by atoms with E-state index in [2.05, 4.69) is 0 Å². The zero-order chi connectivity index (χ0) is 10.2. The second-order valence-corrected chi connectivity index (χ2v) is 3.44. The van der Waals surface area contributed by atoms with Crippen LogP contribution < -0.4 is 5.73 Å². The maximum absolute atomic E-state index is 9.66. The molecule has 0 amide bonds. The summed E-state index contributed by atoms with van der Waals surface area (Å²) >= 11 is 0. The van der Waals surface area contributed by atoms with E-state index in [0.29, 0.717) is 0 Å². The van der Waals surface area contributed by atoms with E-state index in [4.69, 9.17) is 15.6 Å². The largest absolute Gasteiger partial charge is 0.394 e. The van der Waals surface area contributed by atoms with Gasteiger partial charge in [-0.05, 0) is 6.92 Å². The van der Waals surface area contributed by atoms with Crippen molar-refractivity contribution in [3.63, 3.8) is 0 Å². The molecule has 0 saturated carbocycles. The van der Waals surface area contributed by atoms with Gasteiger partial charge in [0.2, 0.25) is 0 Å². The summed E-state index contributed by atoms with van der Waals surface area (Å²) in [6, 6.07) is -1.09. The minimum Gasteiger partial charge on any atom is -0.394 e. The van der Waals surface area contributed by atoms with E-state index in [1.165, 1.54) is 6.92 Å². The average Bonchev–Trinajstić information content (AvgIpc) is 2.09. The molecule has 6 nitrogen and oxygen atoms in total. The molecule has 0 aliphatic carbocycles. The molecule has 0 aromatic rings. The Balaban J connectivity index is 2.82. The van der Waals surface area contributed by atoms with Crippen LogP contribution in [0.5, 0.6) is 0 Å². The molecule has 1 heterocycles. The lowest BCUT2D eigenvalue weighted by Gasteiger charge is -2.45. The molecule has 13 heavy (non-hydrogen) atoms. The first-order valence-corrected chi connectivity index (χ1v) is 4.01. The monoisotopic (exact) mass is 193 g/mol. The lowest BCUT2D eigenvalue weighted by molar-refractivity contribution is -0.277. The number of hydrogen-bond donors (Lipinski definition) is 5. The van der Waals surface area contributed by atoms with Crippen LogP contribution in [0.15, 0.2) is 0 Å². The Morgan fingerprint density at radius 2 is 2.00 bits per heavy atom. The molecule has 5 atom stereocenters. The SMILES string of the molecule is CC1(O)C(N)C(O)OC(CO)C1O. The molecule has 0 bridgehead atoms. The molecule has 1 rings (SSSR count). The van der Waals surface area contributed by atoms with Crippen LogP contribution in [0.1, 0.15) is 6.92 Å². The molecule has 1 aliphatic rings. The molecule has 6 N–H and O–H groups in total. The Kier molecular flexibility index (Phi) is 2.91. The molecule has 0 aromatic heterocycles. The second kappa shape index (κ2) is 3.49. The van der Waals surface area contributed by atoms with Crippen LogP contribution in [-0.4, -0.2) is 57.2 Å². The van der Waals surface area contributed by atoms with Gasteiger partial charge in [-0.3, -0.25) is 0 Å². The number of hydrogen-bond acceptors (Lipinski definition) is 6. The Bertz CT molecular complexity index is 186. The number of ether oxygens (including phenoxy) is 1. The number of aliphatic hydroxyl groups excluding tert-OH is 3. The van der Waals surface area contributed by atoms with Crippen molar-refractivity contribution in [2.75, 3.05) is 6.61 Å². The van der Waals surface area contributed by atoms with Crippen LogP contribution in [0.3, 0.4) is 0 Å². The van der Waals surface area contributed by atoms with Crippen LogP contribution in [0.25, 0.3) is 0 Å². The molecule has 1 aliphatic heterocycles. The van der Waals surface area contributed by atoms with Gasteiger partial charge in [0.1, 0.15) is 17.8 Å². The van der Waals surface area contributed by atoms with Gasteiger partial charge >= 0.3 is 0 Å². The first-order chi connectivity index (χ1) is 5.91. The lowest BCUT2D eigenvalue weighted by atomic mass is 9.85. The van der Waals surface area contributed by atoms with Gasteiger partial charge in [-0.1, -0.05) is 0 Å². The zero-order valence-corrected chi connectivity index (χ0v) is 7.29. The van der Waals surface area contributed by atoms with Gasteiger partial charge in [-0.25, -0.2) is 0 Å². The van der Waals surface area contributed by atoms with Gasteiger partial charge in [0.15, 0.2) is 6.29 Å². The van der Waals surface area contributed by atoms with E-state index in [1.54, 1.807) is 0 Å². The van der Waals surface area contributed by atoms with Crippen molar-refractivity contribution >= 4 is 0 Å². The van der Waals surface area contributed by atoms with Crippen LogP contribution in [-0.2, 0) is 4.74 Å². The highest BCUT2D eigenvalue weighted by molar-refractivity contribution is 5.00. The molecule has 0 spiro atoms. The lowest BCUT2D eigenvalue weighted by Crippen LogP contribution is -2.68. The maximum Gasteiger partial charge on any atom is 0.173 e. The third-order valence-corrected chi connectivity index (χ3v) is 2.43. The quantitative estimate of drug-likeness (QED) is 0.306. The van der Waals surface area contributed by atoms with Gasteiger partial charge < -0.3 is 30.9 Å². The highest BCUT2D eigenvalue weighted by atomic mass is 16.6. The normalized spacial score (nSPS) is 52.2. The Morgan fingerprint density at radius 3 is 2.46 bits per heavy atom. The van der Waals surface area contributed by atoms with Gasteiger partial charge in [0.25, 0.3) is 0 Å². The molecular formula is C7H15NO5. The fourth-order valence-corrected chi connectivity index (χ4v) is 1.34. The molecule has 78 valence electrons. The van der Waals surface area contributed by atoms with E-state index in [1.807, 2.05) is 0 Å². The Labute approximate surface area is 75.6 Å². The van der Waals surface area contributed by atoms with Crippen molar-refractivity contribution in [1.82, 2.24) is 0 Å². The van der Waals surface area contributed by atoms with Crippen LogP contribution in [0.4, 0.5) is 0 Å². The summed E-state index contributed by atoms with van der Waals surface area (Å²) in [5.74, 6) is 0. The molecule has 1 fully saturated rings. The summed E-state index contributed by atoms with van der Waals surface area (Å²) < 4.78 is 4.77. The van der Waals surface area contributed by atoms with Crippen molar-refractivity contribution in [3.8, 4) is 0 Å². The fraction of sp³-hybridized carbons (Fsp3) is 1.00. The Hall–Kier alpha value is -0.240. The summed E-state index contributed by atoms with van der Waals surface area (Å²) in [4.78, 5) is 0. The summed E-state index contributed by atoms with van der Waals surface area (Å²) in [6.07, 6.45) is -3.70. The van der Waals surface area contributed by atoms with Crippen molar-refractivity contribution in [2.24, 2.45) is 5.73 Å². The molecule has 5 unspecified atom stereocenters. The fourth-order valence-electron chi connectivity index (χ4n) is 1.34. The zero-order valence-electron chi connectivity index (χ0n) is 7.29. The summed E-state index contributed by atoms with van der Waals surface area (Å²) in [6.45, 7) is 0.803. The second-order valence-electron chi connectivity index (χ2n) is 3.44. The predicted octanol–water partition coefficient (Wildman–Crippen LogP) is -2.86. The molecule has 6 heteroatoms. The number of rotatable bonds is 1. The smallest absolute Gasteiger partial charge is 0.173 e. The molecule has 1 saturated heterocycles. The van der Waals surface area contributed by atoms with Crippen LogP contribution in [0, 0.1) is 0 Å². The molecule has 0 aromatic carbocycles. The topological polar surface area (TPSA) is 116 Å². The van der Waals surface area contributed by atoms with Crippen molar-refractivity contribution in [1.29, 1.82) is 0 Å². The van der Waals surface area contributed by atoms with Gasteiger partial charge in [0, 0.05) is 0 Å². The van der Waals surface area contributed by atoms with Gasteiger partial charge in [0.05, 0.1) is 12.6 Å². The highest BCUT2D eigenvalue weighted by Crippen LogP contribution is 2.26. The minimum absolute atomic E-state index is 0.485. The van der Waals surface area contributed by atoms with E-state index in [9.17, 15) is 15.3 Å². The first kappa shape index (κ1) is 10.8. The van der Waals surface area contributed by atoms with E-state index in [-0.39, 0.29) is 0 Å². The summed E-state index contributed by atoms with van der Waals surface area (Å²) in [5.41, 5.74) is 3.74. The highest BCUT2D eigenvalue weighted by Gasteiger charge is 2.50.